The molecule has 0 amide bonds. The summed E-state index contributed by atoms with van der Waals surface area (Å²) in [6, 6.07) is 19.7. The summed E-state index contributed by atoms with van der Waals surface area (Å²) in [6.45, 7) is 4.96. The van der Waals surface area contributed by atoms with E-state index < -0.39 is 0 Å². The second kappa shape index (κ2) is 6.71. The van der Waals surface area contributed by atoms with E-state index in [1.165, 1.54) is 27.1 Å². The standard InChI is InChI=1S/C20H20N2S2/c23-20(24)22-11-9-21(10-12-22)14-19-17-7-3-1-5-15(17)13-16-6-2-4-8-18(16)19/h1-8,13H,9-12,14H2,(H,23,24). The van der Waals surface area contributed by atoms with Gasteiger partial charge in [-0.05, 0) is 33.2 Å². The monoisotopic (exact) mass is 352 g/mol. The van der Waals surface area contributed by atoms with Crippen LogP contribution in [-0.2, 0) is 6.54 Å². The number of rotatable bonds is 2. The highest BCUT2D eigenvalue weighted by Gasteiger charge is 2.19. The molecule has 0 radical (unpaired) electrons. The summed E-state index contributed by atoms with van der Waals surface area (Å²) >= 11 is 9.49. The molecule has 0 aliphatic carbocycles. The Bertz CT molecular complexity index is 844. The average Bonchev–Trinajstić information content (AvgIpc) is 2.62. The minimum atomic E-state index is 0.713. The lowest BCUT2D eigenvalue weighted by Gasteiger charge is -2.35. The first-order valence-electron chi connectivity index (χ1n) is 8.32. The summed E-state index contributed by atoms with van der Waals surface area (Å²) in [6.07, 6.45) is 0. The van der Waals surface area contributed by atoms with E-state index in [2.05, 4.69) is 77.0 Å². The predicted molar refractivity (Wildman–Crippen MR) is 110 cm³/mol. The molecule has 0 bridgehead atoms. The van der Waals surface area contributed by atoms with Crippen LogP contribution >= 0.6 is 24.8 Å². The topological polar surface area (TPSA) is 6.48 Å². The normalized spacial score (nSPS) is 16.0. The smallest absolute Gasteiger partial charge is 0.133 e. The van der Waals surface area contributed by atoms with Crippen LogP contribution in [0.4, 0.5) is 0 Å². The lowest BCUT2D eigenvalue weighted by Crippen LogP contribution is -2.46. The zero-order valence-electron chi connectivity index (χ0n) is 13.5. The maximum atomic E-state index is 5.18. The summed E-state index contributed by atoms with van der Waals surface area (Å²) in [4.78, 5) is 4.70. The summed E-state index contributed by atoms with van der Waals surface area (Å²) in [5.74, 6) is 0. The summed E-state index contributed by atoms with van der Waals surface area (Å²) in [5.41, 5.74) is 1.44. The number of hydrogen-bond acceptors (Lipinski definition) is 2. The third kappa shape index (κ3) is 3.02. The van der Waals surface area contributed by atoms with Crippen molar-refractivity contribution in [2.24, 2.45) is 0 Å². The van der Waals surface area contributed by atoms with Crippen molar-refractivity contribution in [2.45, 2.75) is 6.54 Å². The van der Waals surface area contributed by atoms with Crippen molar-refractivity contribution in [2.75, 3.05) is 26.2 Å². The van der Waals surface area contributed by atoms with Gasteiger partial charge in [0.05, 0.1) is 0 Å². The van der Waals surface area contributed by atoms with Gasteiger partial charge in [-0.2, -0.15) is 0 Å². The number of thiocarbonyl (C=S) groups is 1. The molecule has 0 spiro atoms. The van der Waals surface area contributed by atoms with Crippen LogP contribution in [-0.4, -0.2) is 40.3 Å². The lowest BCUT2D eigenvalue weighted by molar-refractivity contribution is 0.180. The summed E-state index contributed by atoms with van der Waals surface area (Å²) in [7, 11) is 0. The number of thiol groups is 1. The van der Waals surface area contributed by atoms with Gasteiger partial charge in [-0.15, -0.1) is 12.6 Å². The second-order valence-electron chi connectivity index (χ2n) is 6.34. The molecular weight excluding hydrogens is 332 g/mol. The summed E-state index contributed by atoms with van der Waals surface area (Å²) in [5, 5.41) is 5.37. The number of benzene rings is 3. The van der Waals surface area contributed by atoms with Crippen molar-refractivity contribution in [3.05, 3.63) is 60.2 Å². The van der Waals surface area contributed by atoms with Gasteiger partial charge in [0.1, 0.15) is 4.32 Å². The van der Waals surface area contributed by atoms with Gasteiger partial charge in [-0.1, -0.05) is 60.7 Å². The van der Waals surface area contributed by atoms with Crippen LogP contribution in [0, 0.1) is 0 Å². The molecule has 1 fully saturated rings. The lowest BCUT2D eigenvalue weighted by atomic mass is 9.96. The highest BCUT2D eigenvalue weighted by Crippen LogP contribution is 2.29. The zero-order chi connectivity index (χ0) is 16.5. The Labute approximate surface area is 153 Å². The van der Waals surface area contributed by atoms with Gasteiger partial charge in [0.25, 0.3) is 0 Å². The maximum Gasteiger partial charge on any atom is 0.133 e. The summed E-state index contributed by atoms with van der Waals surface area (Å²) < 4.78 is 0.713. The third-order valence-electron chi connectivity index (χ3n) is 4.91. The molecule has 0 saturated carbocycles. The maximum absolute atomic E-state index is 5.18. The Morgan fingerprint density at radius 3 is 1.96 bits per heavy atom. The van der Waals surface area contributed by atoms with Crippen LogP contribution in [0.5, 0.6) is 0 Å². The van der Waals surface area contributed by atoms with E-state index in [1.807, 2.05) is 0 Å². The highest BCUT2D eigenvalue weighted by molar-refractivity contribution is 8.10. The molecule has 2 nitrogen and oxygen atoms in total. The molecule has 0 N–H and O–H groups in total. The molecule has 4 heteroatoms. The van der Waals surface area contributed by atoms with Crippen molar-refractivity contribution < 1.29 is 0 Å². The molecule has 0 atom stereocenters. The van der Waals surface area contributed by atoms with E-state index in [-0.39, 0.29) is 0 Å². The van der Waals surface area contributed by atoms with Crippen molar-refractivity contribution in [3.63, 3.8) is 0 Å². The van der Waals surface area contributed by atoms with E-state index in [1.54, 1.807) is 0 Å². The predicted octanol–water partition coefficient (Wildman–Crippen LogP) is 4.33. The van der Waals surface area contributed by atoms with Crippen molar-refractivity contribution >= 4 is 50.7 Å². The van der Waals surface area contributed by atoms with Crippen molar-refractivity contribution in [1.29, 1.82) is 0 Å². The van der Waals surface area contributed by atoms with Gasteiger partial charge in [0, 0.05) is 32.7 Å². The van der Waals surface area contributed by atoms with Gasteiger partial charge in [0.15, 0.2) is 0 Å². The average molecular weight is 353 g/mol. The first kappa shape index (κ1) is 15.9. The minimum absolute atomic E-state index is 0.713. The Balaban J connectivity index is 1.71. The van der Waals surface area contributed by atoms with E-state index >= 15 is 0 Å². The van der Waals surface area contributed by atoms with Crippen LogP contribution in [0.15, 0.2) is 54.6 Å². The first-order valence-corrected chi connectivity index (χ1v) is 9.17. The molecular formula is C20H20N2S2. The van der Waals surface area contributed by atoms with Gasteiger partial charge in [-0.25, -0.2) is 0 Å². The molecule has 3 aromatic carbocycles. The molecule has 0 unspecified atom stereocenters. The number of fused-ring (bicyclic) bond motifs is 2. The Morgan fingerprint density at radius 1 is 0.875 bits per heavy atom. The van der Waals surface area contributed by atoms with Crippen LogP contribution in [0.25, 0.3) is 21.5 Å². The van der Waals surface area contributed by atoms with Crippen LogP contribution in [0.3, 0.4) is 0 Å². The molecule has 1 aliphatic rings. The fourth-order valence-corrected chi connectivity index (χ4v) is 3.98. The molecule has 122 valence electrons. The van der Waals surface area contributed by atoms with Crippen LogP contribution < -0.4 is 0 Å². The van der Waals surface area contributed by atoms with E-state index in [0.29, 0.717) is 4.32 Å². The molecule has 0 aromatic heterocycles. The van der Waals surface area contributed by atoms with Crippen molar-refractivity contribution in [3.8, 4) is 0 Å². The van der Waals surface area contributed by atoms with E-state index in [0.717, 1.165) is 32.7 Å². The molecule has 3 aromatic rings. The van der Waals surface area contributed by atoms with Crippen LogP contribution in [0.2, 0.25) is 0 Å². The van der Waals surface area contributed by atoms with Gasteiger partial charge < -0.3 is 4.90 Å². The second-order valence-corrected chi connectivity index (χ2v) is 7.46. The third-order valence-corrected chi connectivity index (χ3v) is 5.45. The number of piperazine rings is 1. The van der Waals surface area contributed by atoms with Gasteiger partial charge in [0.2, 0.25) is 0 Å². The quantitative estimate of drug-likeness (QED) is 0.417. The van der Waals surface area contributed by atoms with Crippen LogP contribution in [0.1, 0.15) is 5.56 Å². The molecule has 24 heavy (non-hydrogen) atoms. The van der Waals surface area contributed by atoms with Gasteiger partial charge >= 0.3 is 0 Å². The Kier molecular flexibility index (Phi) is 4.44. The SMILES string of the molecule is S=C(S)N1CCN(Cc2c3ccccc3cc3ccccc23)CC1. The molecule has 1 heterocycles. The fraction of sp³-hybridized carbons (Fsp3) is 0.250. The first-order chi connectivity index (χ1) is 11.7. The molecule has 1 aliphatic heterocycles. The number of nitrogens with zero attached hydrogens (tertiary/aromatic N) is 2. The Morgan fingerprint density at radius 2 is 1.42 bits per heavy atom. The van der Waals surface area contributed by atoms with E-state index in [9.17, 15) is 0 Å². The Hall–Kier alpha value is -1.62. The van der Waals surface area contributed by atoms with Crippen molar-refractivity contribution in [1.82, 2.24) is 9.80 Å². The minimum Gasteiger partial charge on any atom is -0.355 e. The molecule has 1 saturated heterocycles. The fourth-order valence-electron chi connectivity index (χ4n) is 3.60. The van der Waals surface area contributed by atoms with Gasteiger partial charge in [-0.3, -0.25) is 4.90 Å². The highest BCUT2D eigenvalue weighted by atomic mass is 32.1. The largest absolute Gasteiger partial charge is 0.355 e. The molecule has 4 rings (SSSR count). The zero-order valence-corrected chi connectivity index (χ0v) is 15.2. The number of hydrogen-bond donors (Lipinski definition) is 1. The van der Waals surface area contributed by atoms with E-state index in [4.69, 9.17) is 12.2 Å².